The number of amides is 1. The number of furan rings is 1. The molecular weight excluding hydrogens is 340 g/mol. The second kappa shape index (κ2) is 5.81. The third-order valence-corrected chi connectivity index (χ3v) is 5.63. The SMILES string of the molecule is Cc1c(C(=O)N2CCN(S(C)(=O)=O)CC2)oc2ccc(Cl)cc12. The van der Waals surface area contributed by atoms with Gasteiger partial charge in [-0.1, -0.05) is 11.6 Å². The van der Waals surface area contributed by atoms with Crippen LogP contribution < -0.4 is 0 Å². The van der Waals surface area contributed by atoms with Gasteiger partial charge in [-0.3, -0.25) is 4.79 Å². The number of sulfonamides is 1. The Morgan fingerprint density at radius 3 is 2.48 bits per heavy atom. The lowest BCUT2D eigenvalue weighted by molar-refractivity contribution is 0.0667. The first-order valence-electron chi connectivity index (χ1n) is 7.20. The summed E-state index contributed by atoms with van der Waals surface area (Å²) in [5.74, 6) is 0.0676. The molecule has 0 bridgehead atoms. The van der Waals surface area contributed by atoms with Crippen LogP contribution in [0.15, 0.2) is 22.6 Å². The first-order chi connectivity index (χ1) is 10.8. The predicted molar refractivity (Wildman–Crippen MR) is 88.3 cm³/mol. The number of hydrogen-bond acceptors (Lipinski definition) is 4. The van der Waals surface area contributed by atoms with Gasteiger partial charge in [-0.25, -0.2) is 8.42 Å². The van der Waals surface area contributed by atoms with Crippen LogP contribution in [-0.2, 0) is 10.0 Å². The summed E-state index contributed by atoms with van der Waals surface area (Å²) in [5, 5.41) is 1.40. The lowest BCUT2D eigenvalue weighted by atomic mass is 10.1. The quantitative estimate of drug-likeness (QED) is 0.826. The lowest BCUT2D eigenvalue weighted by Gasteiger charge is -2.32. The predicted octanol–water partition coefficient (Wildman–Crippen LogP) is 2.11. The van der Waals surface area contributed by atoms with Crippen molar-refractivity contribution in [2.45, 2.75) is 6.92 Å². The molecule has 3 rings (SSSR count). The molecule has 1 aliphatic rings. The maximum atomic E-state index is 12.7. The minimum Gasteiger partial charge on any atom is -0.451 e. The van der Waals surface area contributed by atoms with Gasteiger partial charge in [-0.2, -0.15) is 4.31 Å². The van der Waals surface area contributed by atoms with E-state index in [0.717, 1.165) is 10.9 Å². The van der Waals surface area contributed by atoms with E-state index in [0.29, 0.717) is 36.8 Å². The van der Waals surface area contributed by atoms with E-state index in [-0.39, 0.29) is 11.7 Å². The van der Waals surface area contributed by atoms with Crippen molar-refractivity contribution in [2.24, 2.45) is 0 Å². The Bertz CT molecular complexity index is 867. The molecule has 2 aromatic rings. The lowest BCUT2D eigenvalue weighted by Crippen LogP contribution is -2.50. The van der Waals surface area contributed by atoms with E-state index in [1.54, 1.807) is 23.1 Å². The fraction of sp³-hybridized carbons (Fsp3) is 0.400. The van der Waals surface area contributed by atoms with E-state index >= 15 is 0 Å². The highest BCUT2D eigenvalue weighted by Crippen LogP contribution is 2.29. The second-order valence-electron chi connectivity index (χ2n) is 5.65. The Balaban J connectivity index is 1.83. The van der Waals surface area contributed by atoms with Crippen LogP contribution in [0.2, 0.25) is 5.02 Å². The van der Waals surface area contributed by atoms with E-state index in [9.17, 15) is 13.2 Å². The maximum absolute atomic E-state index is 12.7. The minimum absolute atomic E-state index is 0.219. The van der Waals surface area contributed by atoms with Crippen LogP contribution in [0.1, 0.15) is 16.1 Å². The number of nitrogens with zero attached hydrogens (tertiary/aromatic N) is 2. The molecule has 1 saturated heterocycles. The summed E-state index contributed by atoms with van der Waals surface area (Å²) in [6.45, 7) is 3.12. The summed E-state index contributed by atoms with van der Waals surface area (Å²) in [7, 11) is -3.22. The zero-order chi connectivity index (χ0) is 16.8. The summed E-state index contributed by atoms with van der Waals surface area (Å²) < 4.78 is 30.1. The molecule has 1 aliphatic heterocycles. The largest absolute Gasteiger partial charge is 0.451 e. The molecule has 0 spiro atoms. The van der Waals surface area contributed by atoms with Crippen LogP contribution in [-0.4, -0.2) is 56.0 Å². The smallest absolute Gasteiger partial charge is 0.289 e. The highest BCUT2D eigenvalue weighted by Gasteiger charge is 2.29. The minimum atomic E-state index is -3.22. The number of benzene rings is 1. The number of halogens is 1. The Hall–Kier alpha value is -1.57. The van der Waals surface area contributed by atoms with Gasteiger partial charge in [0.25, 0.3) is 5.91 Å². The van der Waals surface area contributed by atoms with Gasteiger partial charge in [0.2, 0.25) is 10.0 Å². The number of carbonyl (C=O) groups is 1. The third-order valence-electron chi connectivity index (χ3n) is 4.09. The third kappa shape index (κ3) is 3.08. The van der Waals surface area contributed by atoms with E-state index in [4.69, 9.17) is 16.0 Å². The molecule has 6 nitrogen and oxygen atoms in total. The molecule has 124 valence electrons. The van der Waals surface area contributed by atoms with Crippen molar-refractivity contribution in [3.63, 3.8) is 0 Å². The van der Waals surface area contributed by atoms with E-state index in [1.807, 2.05) is 6.92 Å². The van der Waals surface area contributed by atoms with Gasteiger partial charge in [0.05, 0.1) is 6.26 Å². The average Bonchev–Trinajstić information content (AvgIpc) is 2.83. The number of rotatable bonds is 2. The maximum Gasteiger partial charge on any atom is 0.289 e. The van der Waals surface area contributed by atoms with Crippen molar-refractivity contribution in [2.75, 3.05) is 32.4 Å². The van der Waals surface area contributed by atoms with Crippen LogP contribution in [0.5, 0.6) is 0 Å². The van der Waals surface area contributed by atoms with Crippen LogP contribution >= 0.6 is 11.6 Å². The molecule has 1 amide bonds. The molecule has 0 saturated carbocycles. The number of aryl methyl sites for hydroxylation is 1. The zero-order valence-corrected chi connectivity index (χ0v) is 14.4. The van der Waals surface area contributed by atoms with Crippen LogP contribution in [0.25, 0.3) is 11.0 Å². The number of fused-ring (bicyclic) bond motifs is 1. The Morgan fingerprint density at radius 2 is 1.87 bits per heavy atom. The van der Waals surface area contributed by atoms with Crippen molar-refractivity contribution in [3.8, 4) is 0 Å². The molecule has 1 aromatic heterocycles. The summed E-state index contributed by atoms with van der Waals surface area (Å²) >= 11 is 5.99. The summed E-state index contributed by atoms with van der Waals surface area (Å²) in [6, 6.07) is 5.23. The molecule has 2 heterocycles. The summed E-state index contributed by atoms with van der Waals surface area (Å²) in [4.78, 5) is 14.3. The van der Waals surface area contributed by atoms with Crippen molar-refractivity contribution < 1.29 is 17.6 Å². The molecule has 0 atom stereocenters. The van der Waals surface area contributed by atoms with Gasteiger partial charge < -0.3 is 9.32 Å². The fourth-order valence-corrected chi connectivity index (χ4v) is 3.76. The standard InChI is InChI=1S/C15H17ClN2O4S/c1-10-12-9-11(16)3-4-13(12)22-14(10)15(19)17-5-7-18(8-6-17)23(2,20)21/h3-4,9H,5-8H2,1-2H3. The molecular formula is C15H17ClN2O4S. The Labute approximate surface area is 139 Å². The summed E-state index contributed by atoms with van der Waals surface area (Å²) in [5.41, 5.74) is 1.36. The Kier molecular flexibility index (Phi) is 4.12. The van der Waals surface area contributed by atoms with Crippen molar-refractivity contribution >= 4 is 38.5 Å². The van der Waals surface area contributed by atoms with Crippen molar-refractivity contribution in [1.82, 2.24) is 9.21 Å². The molecule has 23 heavy (non-hydrogen) atoms. The first kappa shape index (κ1) is 16.3. The van der Waals surface area contributed by atoms with E-state index < -0.39 is 10.0 Å². The van der Waals surface area contributed by atoms with Crippen LogP contribution in [0.4, 0.5) is 0 Å². The van der Waals surface area contributed by atoms with Gasteiger partial charge in [0.1, 0.15) is 5.58 Å². The molecule has 1 aromatic carbocycles. The summed E-state index contributed by atoms with van der Waals surface area (Å²) in [6.07, 6.45) is 1.18. The molecule has 1 fully saturated rings. The van der Waals surface area contributed by atoms with Gasteiger partial charge in [0.15, 0.2) is 5.76 Å². The van der Waals surface area contributed by atoms with Crippen LogP contribution in [0.3, 0.4) is 0 Å². The van der Waals surface area contributed by atoms with Gasteiger partial charge >= 0.3 is 0 Å². The molecule has 0 aliphatic carbocycles. The highest BCUT2D eigenvalue weighted by atomic mass is 35.5. The highest BCUT2D eigenvalue weighted by molar-refractivity contribution is 7.88. The van der Waals surface area contributed by atoms with E-state index in [2.05, 4.69) is 0 Å². The van der Waals surface area contributed by atoms with Gasteiger partial charge in [-0.15, -0.1) is 0 Å². The van der Waals surface area contributed by atoms with Gasteiger partial charge in [-0.05, 0) is 25.1 Å². The number of carbonyl (C=O) groups excluding carboxylic acids is 1. The first-order valence-corrected chi connectivity index (χ1v) is 9.43. The molecule has 8 heteroatoms. The monoisotopic (exact) mass is 356 g/mol. The molecule has 0 radical (unpaired) electrons. The molecule has 0 N–H and O–H groups in total. The van der Waals surface area contributed by atoms with Crippen molar-refractivity contribution in [3.05, 3.63) is 34.5 Å². The topological polar surface area (TPSA) is 70.8 Å². The normalized spacial score (nSPS) is 16.9. The van der Waals surface area contributed by atoms with Crippen molar-refractivity contribution in [1.29, 1.82) is 0 Å². The van der Waals surface area contributed by atoms with Gasteiger partial charge in [0, 0.05) is 42.2 Å². The van der Waals surface area contributed by atoms with E-state index in [1.165, 1.54) is 10.6 Å². The molecule has 0 unspecified atom stereocenters. The average molecular weight is 357 g/mol. The zero-order valence-electron chi connectivity index (χ0n) is 12.9. The number of hydrogen-bond donors (Lipinski definition) is 0. The fourth-order valence-electron chi connectivity index (χ4n) is 2.76. The number of piperazine rings is 1. The van der Waals surface area contributed by atoms with Crippen LogP contribution in [0, 0.1) is 6.92 Å². The second-order valence-corrected chi connectivity index (χ2v) is 8.07. The Morgan fingerprint density at radius 1 is 1.22 bits per heavy atom.